The molecule has 1 aromatic carbocycles. The van der Waals surface area contributed by atoms with Crippen LogP contribution in [0.25, 0.3) is 0 Å². The van der Waals surface area contributed by atoms with E-state index in [1.165, 1.54) is 12.8 Å². The van der Waals surface area contributed by atoms with Gasteiger partial charge in [0.25, 0.3) is 0 Å². The summed E-state index contributed by atoms with van der Waals surface area (Å²) in [4.78, 5) is 24.6. The molecule has 0 unspecified atom stereocenters. The smallest absolute Gasteiger partial charge is 0.311 e. The summed E-state index contributed by atoms with van der Waals surface area (Å²) in [5.41, 5.74) is 0. The summed E-state index contributed by atoms with van der Waals surface area (Å²) >= 11 is 1.66. The minimum absolute atomic E-state index is 0.0650. The van der Waals surface area contributed by atoms with Gasteiger partial charge in [-0.15, -0.1) is 11.8 Å². The van der Waals surface area contributed by atoms with Gasteiger partial charge >= 0.3 is 11.9 Å². The number of carbonyl (C=O) groups is 2. The summed E-state index contributed by atoms with van der Waals surface area (Å²) in [6.07, 6.45) is 13.5. The van der Waals surface area contributed by atoms with E-state index in [1.807, 2.05) is 30.5 Å². The number of esters is 2. The molecule has 4 nitrogen and oxygen atoms in total. The van der Waals surface area contributed by atoms with E-state index < -0.39 is 0 Å². The number of benzene rings is 1. The van der Waals surface area contributed by atoms with Crippen LogP contribution in [0.4, 0.5) is 0 Å². The lowest BCUT2D eigenvalue weighted by molar-refractivity contribution is -0.144. The van der Waals surface area contributed by atoms with Gasteiger partial charge < -0.3 is 9.47 Å². The zero-order valence-electron chi connectivity index (χ0n) is 17.5. The predicted molar refractivity (Wildman–Crippen MR) is 116 cm³/mol. The molecule has 0 amide bonds. The molecule has 5 heteroatoms. The Morgan fingerprint density at radius 3 is 1.96 bits per heavy atom. The van der Waals surface area contributed by atoms with Crippen LogP contribution in [0.1, 0.15) is 84.0 Å². The van der Waals surface area contributed by atoms with Gasteiger partial charge in [0.2, 0.25) is 0 Å². The van der Waals surface area contributed by atoms with Gasteiger partial charge in [-0.2, -0.15) is 0 Å². The van der Waals surface area contributed by atoms with Crippen LogP contribution in [0.3, 0.4) is 0 Å². The van der Waals surface area contributed by atoms with Gasteiger partial charge in [-0.05, 0) is 49.8 Å². The highest BCUT2D eigenvalue weighted by Crippen LogP contribution is 2.19. The van der Waals surface area contributed by atoms with Crippen molar-refractivity contribution in [2.75, 3.05) is 12.9 Å². The second-order valence-corrected chi connectivity index (χ2v) is 7.93. The molecule has 0 aliphatic heterocycles. The number of rotatable bonds is 16. The van der Waals surface area contributed by atoms with Gasteiger partial charge in [-0.1, -0.05) is 51.9 Å². The van der Waals surface area contributed by atoms with Crippen molar-refractivity contribution in [2.45, 2.75) is 88.9 Å². The standard InChI is InChI=1S/C23H36O4S/c1-3-4-5-12-19-26-22(24)13-10-8-6-7-9-11-14-23(25)27-20-15-17-21(28-2)18-16-20/h15-18H,3-14,19H2,1-2H3. The summed E-state index contributed by atoms with van der Waals surface area (Å²) in [7, 11) is 0. The van der Waals surface area contributed by atoms with Crippen molar-refractivity contribution in [1.29, 1.82) is 0 Å². The normalized spacial score (nSPS) is 10.6. The van der Waals surface area contributed by atoms with Crippen LogP contribution in [-0.4, -0.2) is 24.8 Å². The van der Waals surface area contributed by atoms with E-state index >= 15 is 0 Å². The molecule has 0 N–H and O–H groups in total. The van der Waals surface area contributed by atoms with Gasteiger partial charge in [0.1, 0.15) is 5.75 Å². The minimum atomic E-state index is -0.168. The van der Waals surface area contributed by atoms with Crippen LogP contribution >= 0.6 is 11.8 Å². The molecule has 0 aliphatic carbocycles. The van der Waals surface area contributed by atoms with Crippen LogP contribution in [0.5, 0.6) is 5.75 Å². The fourth-order valence-electron chi connectivity index (χ4n) is 2.86. The third-order valence-corrected chi connectivity index (χ3v) is 5.31. The third-order valence-electron chi connectivity index (χ3n) is 4.56. The van der Waals surface area contributed by atoms with Crippen molar-refractivity contribution in [3.63, 3.8) is 0 Å². The topological polar surface area (TPSA) is 52.6 Å². The zero-order chi connectivity index (χ0) is 20.5. The number of hydrogen-bond donors (Lipinski definition) is 0. The molecule has 0 aliphatic rings. The van der Waals surface area contributed by atoms with E-state index in [0.29, 0.717) is 25.2 Å². The maximum absolute atomic E-state index is 11.8. The lowest BCUT2D eigenvalue weighted by Crippen LogP contribution is -2.07. The van der Waals surface area contributed by atoms with Crippen molar-refractivity contribution in [3.8, 4) is 5.75 Å². The molecule has 0 aromatic heterocycles. The van der Waals surface area contributed by atoms with Crippen LogP contribution < -0.4 is 4.74 Å². The van der Waals surface area contributed by atoms with E-state index in [9.17, 15) is 9.59 Å². The lowest BCUT2D eigenvalue weighted by Gasteiger charge is -2.06. The maximum Gasteiger partial charge on any atom is 0.311 e. The van der Waals surface area contributed by atoms with Gasteiger partial charge in [-0.25, -0.2) is 0 Å². The fourth-order valence-corrected chi connectivity index (χ4v) is 3.27. The highest BCUT2D eigenvalue weighted by Gasteiger charge is 2.05. The Bertz CT molecular complexity index is 542. The molecule has 1 rings (SSSR count). The molecule has 0 fully saturated rings. The number of ether oxygens (including phenoxy) is 2. The van der Waals surface area contributed by atoms with Crippen molar-refractivity contribution >= 4 is 23.7 Å². The van der Waals surface area contributed by atoms with Crippen LogP contribution in [0.2, 0.25) is 0 Å². The first-order valence-corrected chi connectivity index (χ1v) is 11.9. The minimum Gasteiger partial charge on any atom is -0.466 e. The van der Waals surface area contributed by atoms with Gasteiger partial charge in [-0.3, -0.25) is 9.59 Å². The number of carbonyl (C=O) groups excluding carboxylic acids is 2. The van der Waals surface area contributed by atoms with E-state index in [4.69, 9.17) is 9.47 Å². The van der Waals surface area contributed by atoms with Crippen LogP contribution in [0.15, 0.2) is 29.2 Å². The Labute approximate surface area is 174 Å². The monoisotopic (exact) mass is 408 g/mol. The predicted octanol–water partition coefficient (Wildman–Crippen LogP) is 6.56. The van der Waals surface area contributed by atoms with E-state index in [2.05, 4.69) is 6.92 Å². The molecule has 1 aromatic rings. The SMILES string of the molecule is CCCCCCOC(=O)CCCCCCCCC(=O)Oc1ccc(SC)cc1. The molecule has 0 atom stereocenters. The van der Waals surface area contributed by atoms with E-state index in [-0.39, 0.29) is 11.9 Å². The first kappa shape index (κ1) is 24.5. The molecular weight excluding hydrogens is 372 g/mol. The average Bonchev–Trinajstić information content (AvgIpc) is 2.70. The summed E-state index contributed by atoms with van der Waals surface area (Å²) in [6.45, 7) is 2.74. The second-order valence-electron chi connectivity index (χ2n) is 7.05. The molecule has 0 spiro atoms. The van der Waals surface area contributed by atoms with Crippen LogP contribution in [-0.2, 0) is 14.3 Å². The Morgan fingerprint density at radius 1 is 0.786 bits per heavy atom. The van der Waals surface area contributed by atoms with Gasteiger partial charge in [0.05, 0.1) is 6.61 Å². The number of unbranched alkanes of at least 4 members (excludes halogenated alkanes) is 8. The summed E-state index contributed by atoms with van der Waals surface area (Å²) in [5.74, 6) is 0.378. The summed E-state index contributed by atoms with van der Waals surface area (Å²) < 4.78 is 10.6. The number of hydrogen-bond acceptors (Lipinski definition) is 5. The molecular formula is C23H36O4S. The molecule has 28 heavy (non-hydrogen) atoms. The van der Waals surface area contributed by atoms with Crippen molar-refractivity contribution in [2.24, 2.45) is 0 Å². The summed E-state index contributed by atoms with van der Waals surface area (Å²) in [5, 5.41) is 0. The maximum atomic E-state index is 11.8. The second kappa shape index (κ2) is 16.5. The van der Waals surface area contributed by atoms with Crippen molar-refractivity contribution in [3.05, 3.63) is 24.3 Å². The largest absolute Gasteiger partial charge is 0.466 e. The van der Waals surface area contributed by atoms with E-state index in [0.717, 1.165) is 56.3 Å². The Hall–Kier alpha value is -1.49. The van der Waals surface area contributed by atoms with Crippen molar-refractivity contribution < 1.29 is 19.1 Å². The number of thioether (sulfide) groups is 1. The van der Waals surface area contributed by atoms with Gasteiger partial charge in [0.15, 0.2) is 0 Å². The first-order chi connectivity index (χ1) is 13.7. The Morgan fingerprint density at radius 2 is 1.36 bits per heavy atom. The Balaban J connectivity index is 1.92. The molecule has 0 radical (unpaired) electrons. The highest BCUT2D eigenvalue weighted by molar-refractivity contribution is 7.98. The molecule has 0 bridgehead atoms. The van der Waals surface area contributed by atoms with Gasteiger partial charge in [0, 0.05) is 17.7 Å². The Kier molecular flexibility index (Phi) is 14.4. The average molecular weight is 409 g/mol. The quantitative estimate of drug-likeness (QED) is 0.134. The van der Waals surface area contributed by atoms with Crippen LogP contribution in [0, 0.1) is 0 Å². The molecule has 0 saturated carbocycles. The zero-order valence-corrected chi connectivity index (χ0v) is 18.4. The molecule has 0 saturated heterocycles. The summed E-state index contributed by atoms with van der Waals surface area (Å²) in [6, 6.07) is 7.57. The lowest BCUT2D eigenvalue weighted by atomic mass is 10.1. The molecule has 0 heterocycles. The highest BCUT2D eigenvalue weighted by atomic mass is 32.2. The molecule has 158 valence electrons. The fraction of sp³-hybridized carbons (Fsp3) is 0.652. The third kappa shape index (κ3) is 12.8. The first-order valence-electron chi connectivity index (χ1n) is 10.7. The van der Waals surface area contributed by atoms with Crippen molar-refractivity contribution in [1.82, 2.24) is 0 Å². The van der Waals surface area contributed by atoms with E-state index in [1.54, 1.807) is 11.8 Å².